The topological polar surface area (TPSA) is 105 Å². The van der Waals surface area contributed by atoms with Crippen LogP contribution in [0.5, 0.6) is 11.5 Å². The summed E-state index contributed by atoms with van der Waals surface area (Å²) in [6, 6.07) is 20.3. The van der Waals surface area contributed by atoms with Gasteiger partial charge in [-0.3, -0.25) is 13.9 Å². The molecular formula is C32H38ClN3O6S. The summed E-state index contributed by atoms with van der Waals surface area (Å²) in [6.07, 6.45) is 5.08. The number of nitrogens with zero attached hydrogens (tertiary/aromatic N) is 2. The predicted molar refractivity (Wildman–Crippen MR) is 168 cm³/mol. The zero-order valence-electron chi connectivity index (χ0n) is 24.7. The van der Waals surface area contributed by atoms with Crippen molar-refractivity contribution in [3.8, 4) is 11.5 Å². The van der Waals surface area contributed by atoms with Crippen LogP contribution in [-0.4, -0.2) is 64.2 Å². The number of nitrogens with one attached hydrogen (secondary N) is 1. The summed E-state index contributed by atoms with van der Waals surface area (Å²) in [5.74, 6) is -0.169. The molecule has 4 rings (SSSR count). The van der Waals surface area contributed by atoms with Gasteiger partial charge in [-0.05, 0) is 42.2 Å². The van der Waals surface area contributed by atoms with E-state index < -0.39 is 28.5 Å². The average Bonchev–Trinajstić information content (AvgIpc) is 3.51. The molecule has 0 spiro atoms. The second-order valence-corrected chi connectivity index (χ2v) is 12.9. The van der Waals surface area contributed by atoms with E-state index in [1.54, 1.807) is 36.4 Å². The van der Waals surface area contributed by atoms with Crippen LogP contribution in [0.15, 0.2) is 72.8 Å². The molecule has 11 heteroatoms. The summed E-state index contributed by atoms with van der Waals surface area (Å²) >= 11 is 6.52. The lowest BCUT2D eigenvalue weighted by Crippen LogP contribution is -2.54. The molecule has 1 N–H and O–H groups in total. The normalized spacial score (nSPS) is 14.1. The molecular weight excluding hydrogens is 590 g/mol. The summed E-state index contributed by atoms with van der Waals surface area (Å²) in [5.41, 5.74) is 1.67. The van der Waals surface area contributed by atoms with Crippen molar-refractivity contribution in [1.29, 1.82) is 0 Å². The van der Waals surface area contributed by atoms with Gasteiger partial charge in [-0.25, -0.2) is 8.42 Å². The number of carbonyl (C=O) groups excluding carboxylic acids is 2. The summed E-state index contributed by atoms with van der Waals surface area (Å²) in [4.78, 5) is 29.7. The van der Waals surface area contributed by atoms with Gasteiger partial charge in [0, 0.05) is 30.1 Å². The Labute approximate surface area is 258 Å². The van der Waals surface area contributed by atoms with Gasteiger partial charge in [0.2, 0.25) is 21.8 Å². The van der Waals surface area contributed by atoms with Crippen molar-refractivity contribution in [3.63, 3.8) is 0 Å². The predicted octanol–water partition coefficient (Wildman–Crippen LogP) is 4.82. The van der Waals surface area contributed by atoms with Crippen LogP contribution in [0.3, 0.4) is 0 Å². The van der Waals surface area contributed by atoms with Crippen molar-refractivity contribution >= 4 is 39.1 Å². The highest BCUT2D eigenvalue weighted by Crippen LogP contribution is 2.34. The van der Waals surface area contributed by atoms with Crippen LogP contribution in [0.1, 0.15) is 36.8 Å². The van der Waals surface area contributed by atoms with Crippen LogP contribution >= 0.6 is 11.6 Å². The molecule has 230 valence electrons. The first-order chi connectivity index (χ1) is 20.6. The second kappa shape index (κ2) is 14.6. The molecule has 0 heterocycles. The van der Waals surface area contributed by atoms with E-state index in [0.29, 0.717) is 16.3 Å². The van der Waals surface area contributed by atoms with Crippen molar-refractivity contribution in [1.82, 2.24) is 10.2 Å². The number of hydrogen-bond donors (Lipinski definition) is 1. The van der Waals surface area contributed by atoms with Crippen molar-refractivity contribution in [2.24, 2.45) is 0 Å². The Hall–Kier alpha value is -3.76. The van der Waals surface area contributed by atoms with E-state index in [0.717, 1.165) is 41.8 Å². The smallest absolute Gasteiger partial charge is 0.244 e. The second-order valence-electron chi connectivity index (χ2n) is 10.6. The van der Waals surface area contributed by atoms with E-state index in [1.165, 1.54) is 25.2 Å². The molecule has 1 aliphatic carbocycles. The largest absolute Gasteiger partial charge is 0.497 e. The molecule has 0 bridgehead atoms. The van der Waals surface area contributed by atoms with Crippen molar-refractivity contribution < 1.29 is 27.5 Å². The van der Waals surface area contributed by atoms with E-state index in [4.69, 9.17) is 21.1 Å². The third kappa shape index (κ3) is 8.42. The molecule has 2 amide bonds. The number of methoxy groups -OCH3 is 2. The minimum absolute atomic E-state index is 0.00540. The van der Waals surface area contributed by atoms with Gasteiger partial charge in [-0.2, -0.15) is 0 Å². The number of ether oxygens (including phenoxy) is 2. The Bertz CT molecular complexity index is 1510. The van der Waals surface area contributed by atoms with Gasteiger partial charge >= 0.3 is 0 Å². The molecule has 0 aromatic heterocycles. The minimum Gasteiger partial charge on any atom is -0.497 e. The number of rotatable bonds is 13. The Morgan fingerprint density at radius 3 is 2.28 bits per heavy atom. The fraction of sp³-hybridized carbons (Fsp3) is 0.375. The average molecular weight is 628 g/mol. The first kappa shape index (κ1) is 32.2. The van der Waals surface area contributed by atoms with E-state index in [-0.39, 0.29) is 36.4 Å². The fourth-order valence-corrected chi connectivity index (χ4v) is 6.37. The Balaban J connectivity index is 1.76. The monoisotopic (exact) mass is 627 g/mol. The number of hydrogen-bond acceptors (Lipinski definition) is 6. The van der Waals surface area contributed by atoms with Gasteiger partial charge < -0.3 is 19.7 Å². The first-order valence-corrected chi connectivity index (χ1v) is 16.4. The number of anilines is 1. The van der Waals surface area contributed by atoms with Crippen LogP contribution in [-0.2, 0) is 32.6 Å². The third-order valence-corrected chi connectivity index (χ3v) is 9.10. The lowest BCUT2D eigenvalue weighted by Gasteiger charge is -2.34. The summed E-state index contributed by atoms with van der Waals surface area (Å²) in [5, 5.41) is 3.59. The molecule has 0 radical (unpaired) electrons. The van der Waals surface area contributed by atoms with Crippen LogP contribution in [0, 0.1) is 0 Å². The highest BCUT2D eigenvalue weighted by molar-refractivity contribution is 7.92. The number of sulfonamides is 1. The van der Waals surface area contributed by atoms with Gasteiger partial charge in [-0.15, -0.1) is 0 Å². The van der Waals surface area contributed by atoms with Crippen molar-refractivity contribution in [3.05, 3.63) is 88.9 Å². The van der Waals surface area contributed by atoms with Crippen molar-refractivity contribution in [2.75, 3.05) is 31.3 Å². The van der Waals surface area contributed by atoms with E-state index in [2.05, 4.69) is 5.32 Å². The molecule has 3 aromatic rings. The zero-order valence-corrected chi connectivity index (χ0v) is 26.2. The molecule has 43 heavy (non-hydrogen) atoms. The lowest BCUT2D eigenvalue weighted by molar-refractivity contribution is -0.140. The maximum atomic E-state index is 14.3. The van der Waals surface area contributed by atoms with E-state index in [9.17, 15) is 18.0 Å². The van der Waals surface area contributed by atoms with Gasteiger partial charge in [0.25, 0.3) is 0 Å². The molecule has 1 aliphatic rings. The van der Waals surface area contributed by atoms with Crippen LogP contribution in [0.25, 0.3) is 0 Å². The molecule has 0 saturated heterocycles. The highest BCUT2D eigenvalue weighted by Gasteiger charge is 2.35. The standard InChI is InChI=1S/C32H38ClN3O6S/c1-41-26-17-18-28(30(20-26)42-2)36(43(3,39)40)22-31(37)35(21-24-13-7-10-16-27(24)33)29(19-23-11-5-4-6-12-23)32(38)34-25-14-8-9-15-25/h4-7,10-13,16-18,20,25,29H,8-9,14-15,19,21-22H2,1-3H3,(H,34,38). The highest BCUT2D eigenvalue weighted by atomic mass is 35.5. The Morgan fingerprint density at radius 1 is 0.977 bits per heavy atom. The van der Waals surface area contributed by atoms with Crippen LogP contribution in [0.4, 0.5) is 5.69 Å². The van der Waals surface area contributed by atoms with Crippen LogP contribution < -0.4 is 19.1 Å². The summed E-state index contributed by atoms with van der Waals surface area (Å²) in [6.45, 7) is -0.556. The minimum atomic E-state index is -3.96. The first-order valence-electron chi connectivity index (χ1n) is 14.2. The van der Waals surface area contributed by atoms with E-state index in [1.807, 2.05) is 30.3 Å². The quantitative estimate of drug-likeness (QED) is 0.291. The maximum absolute atomic E-state index is 14.3. The number of benzene rings is 3. The zero-order chi connectivity index (χ0) is 31.0. The summed E-state index contributed by atoms with van der Waals surface area (Å²) < 4.78 is 38.0. The number of carbonyl (C=O) groups is 2. The van der Waals surface area contributed by atoms with Crippen LogP contribution in [0.2, 0.25) is 5.02 Å². The Morgan fingerprint density at radius 2 is 1.65 bits per heavy atom. The molecule has 9 nitrogen and oxygen atoms in total. The number of amides is 2. The maximum Gasteiger partial charge on any atom is 0.244 e. The molecule has 0 aliphatic heterocycles. The molecule has 1 saturated carbocycles. The molecule has 1 atom stereocenters. The van der Waals surface area contributed by atoms with Gasteiger partial charge in [0.1, 0.15) is 24.1 Å². The SMILES string of the molecule is COc1ccc(N(CC(=O)N(Cc2ccccc2Cl)C(Cc2ccccc2)C(=O)NC2CCCC2)S(C)(=O)=O)c(OC)c1. The third-order valence-electron chi connectivity index (χ3n) is 7.61. The van der Waals surface area contributed by atoms with Gasteiger partial charge in [0.05, 0.1) is 26.2 Å². The number of halogens is 1. The van der Waals surface area contributed by atoms with Gasteiger partial charge in [0.15, 0.2) is 0 Å². The summed E-state index contributed by atoms with van der Waals surface area (Å²) in [7, 11) is -1.07. The molecule has 3 aromatic carbocycles. The lowest BCUT2D eigenvalue weighted by atomic mass is 10.0. The molecule has 1 unspecified atom stereocenters. The Kier molecular flexibility index (Phi) is 10.9. The fourth-order valence-electron chi connectivity index (χ4n) is 5.32. The molecule has 1 fully saturated rings. The van der Waals surface area contributed by atoms with Crippen molar-refractivity contribution in [2.45, 2.75) is 50.7 Å². The van der Waals surface area contributed by atoms with E-state index >= 15 is 0 Å². The van der Waals surface area contributed by atoms with Gasteiger partial charge in [-0.1, -0.05) is 73.0 Å².